The lowest BCUT2D eigenvalue weighted by atomic mass is 9.43. The van der Waals surface area contributed by atoms with Crippen LogP contribution in [0.4, 0.5) is 0 Å². The van der Waals surface area contributed by atoms with Gasteiger partial charge in [0.1, 0.15) is 11.5 Å². The molecule has 168 valence electrons. The molecular weight excluding hydrogens is 398 g/mol. The number of aliphatic hydroxyl groups excluding tert-OH is 1. The van der Waals surface area contributed by atoms with Crippen molar-refractivity contribution in [2.75, 3.05) is 7.05 Å². The quantitative estimate of drug-likeness (QED) is 0.359. The van der Waals surface area contributed by atoms with Crippen LogP contribution in [-0.4, -0.2) is 63.9 Å². The highest BCUT2D eigenvalue weighted by Gasteiger charge is 3.04. The third kappa shape index (κ3) is 1.50. The van der Waals surface area contributed by atoms with Crippen molar-refractivity contribution in [3.63, 3.8) is 0 Å². The van der Waals surface area contributed by atoms with Crippen molar-refractivity contribution in [3.05, 3.63) is 12.2 Å². The van der Waals surface area contributed by atoms with Crippen LogP contribution in [0.25, 0.3) is 0 Å². The standard InChI is InChI=1S/C24H32NO6/c1-11-12-7-8-13-22(16(11)27)18(12)29-21(4,5)31-24(22)17(28)15-20(2,3)10-9-14(26)25(6)19(30-24)23(13,15)25/h12-13,15,17-19,28H,1,7-10H2,2-6H3/q+1/t12-,13+,15+,17-,18+,19?,22?,23-,24-,25?/m0/s1. The second-order valence-corrected chi connectivity index (χ2v) is 12.4. The number of hydrogen-bond acceptors (Lipinski definition) is 6. The van der Waals surface area contributed by atoms with Gasteiger partial charge in [-0.05, 0) is 44.1 Å². The maximum atomic E-state index is 14.1. The topological polar surface area (TPSA) is 82.1 Å². The molecule has 4 bridgehead atoms. The van der Waals surface area contributed by atoms with Gasteiger partial charge in [0.15, 0.2) is 17.1 Å². The van der Waals surface area contributed by atoms with Crippen molar-refractivity contribution in [1.82, 2.24) is 0 Å². The van der Waals surface area contributed by atoms with E-state index in [9.17, 15) is 14.7 Å². The number of amides is 1. The molecule has 0 aromatic rings. The minimum Gasteiger partial charge on any atom is -0.387 e. The number of carbonyl (C=O) groups excluding carboxylic acids is 2. The normalized spacial score (nSPS) is 61.5. The summed E-state index contributed by atoms with van der Waals surface area (Å²) in [4.78, 5) is 27.6. The maximum absolute atomic E-state index is 14.1. The average Bonchev–Trinajstić information content (AvgIpc) is 3.20. The summed E-state index contributed by atoms with van der Waals surface area (Å²) >= 11 is 0. The van der Waals surface area contributed by atoms with Crippen LogP contribution in [0.1, 0.15) is 53.4 Å². The van der Waals surface area contributed by atoms with E-state index in [0.29, 0.717) is 18.4 Å². The molecule has 0 radical (unpaired) electrons. The summed E-state index contributed by atoms with van der Waals surface area (Å²) in [5.41, 5.74) is -1.51. The van der Waals surface area contributed by atoms with Crippen LogP contribution in [0.5, 0.6) is 0 Å². The minimum atomic E-state index is -1.53. The zero-order chi connectivity index (χ0) is 22.1. The van der Waals surface area contributed by atoms with Crippen molar-refractivity contribution in [1.29, 1.82) is 0 Å². The van der Waals surface area contributed by atoms with Crippen molar-refractivity contribution in [3.8, 4) is 0 Å². The Morgan fingerprint density at radius 3 is 2.55 bits per heavy atom. The fourth-order valence-electron chi connectivity index (χ4n) is 9.73. The van der Waals surface area contributed by atoms with Crippen LogP contribution in [-0.2, 0) is 23.8 Å². The van der Waals surface area contributed by atoms with Gasteiger partial charge in [-0.25, -0.2) is 9.28 Å². The number of ether oxygens (including phenoxy) is 3. The summed E-state index contributed by atoms with van der Waals surface area (Å²) in [6.45, 7) is 12.1. The van der Waals surface area contributed by atoms with Crippen molar-refractivity contribution in [2.24, 2.45) is 28.6 Å². The van der Waals surface area contributed by atoms with Crippen molar-refractivity contribution >= 4 is 11.7 Å². The van der Waals surface area contributed by atoms with Gasteiger partial charge >= 0.3 is 5.91 Å². The number of nitrogens with zero attached hydrogens (tertiary/aromatic N) is 1. The minimum absolute atomic E-state index is 0.0845. The zero-order valence-corrected chi connectivity index (χ0v) is 18.9. The Hall–Kier alpha value is -1.12. The maximum Gasteiger partial charge on any atom is 0.316 e. The van der Waals surface area contributed by atoms with Gasteiger partial charge in [-0.3, -0.25) is 9.53 Å². The molecule has 5 saturated heterocycles. The van der Waals surface area contributed by atoms with Crippen LogP contribution in [0.15, 0.2) is 12.2 Å². The molecule has 0 aromatic heterocycles. The first kappa shape index (κ1) is 19.4. The first-order valence-corrected chi connectivity index (χ1v) is 11.7. The van der Waals surface area contributed by atoms with Crippen LogP contribution in [0, 0.1) is 28.6 Å². The molecule has 1 amide bonds. The van der Waals surface area contributed by atoms with E-state index in [2.05, 4.69) is 20.4 Å². The van der Waals surface area contributed by atoms with E-state index in [1.807, 2.05) is 20.9 Å². The molecule has 3 aliphatic carbocycles. The number of Topliss-reactive ketones (excluding diaryl/α,β-unsaturated/α-hetero) is 1. The second-order valence-electron chi connectivity index (χ2n) is 12.4. The van der Waals surface area contributed by atoms with Gasteiger partial charge in [0.05, 0.1) is 25.5 Å². The molecule has 31 heavy (non-hydrogen) atoms. The summed E-state index contributed by atoms with van der Waals surface area (Å²) in [5, 5.41) is 12.1. The molecule has 5 heterocycles. The Labute approximate surface area is 182 Å². The van der Waals surface area contributed by atoms with Crippen LogP contribution in [0.3, 0.4) is 0 Å². The number of likely N-dealkylation sites (N-methyl/N-ethyl adjacent to an activating group) is 1. The summed E-state index contributed by atoms with van der Waals surface area (Å²) in [5.74, 6) is -2.96. The van der Waals surface area contributed by atoms with Gasteiger partial charge in [-0.2, -0.15) is 0 Å². The predicted molar refractivity (Wildman–Crippen MR) is 107 cm³/mol. The number of quaternary nitrogens is 1. The van der Waals surface area contributed by atoms with E-state index >= 15 is 0 Å². The van der Waals surface area contributed by atoms with Crippen molar-refractivity contribution < 1.29 is 33.4 Å². The van der Waals surface area contributed by atoms with Gasteiger partial charge in [-0.15, -0.1) is 0 Å². The zero-order valence-electron chi connectivity index (χ0n) is 18.9. The van der Waals surface area contributed by atoms with Gasteiger partial charge in [0.2, 0.25) is 5.79 Å². The lowest BCUT2D eigenvalue weighted by Crippen LogP contribution is -2.86. The smallest absolute Gasteiger partial charge is 0.316 e. The Balaban J connectivity index is 1.59. The number of hydrogen-bond donors (Lipinski definition) is 1. The van der Waals surface area contributed by atoms with E-state index < -0.39 is 41.0 Å². The Morgan fingerprint density at radius 1 is 1.13 bits per heavy atom. The predicted octanol–water partition coefficient (Wildman–Crippen LogP) is 1.88. The van der Waals surface area contributed by atoms with E-state index in [4.69, 9.17) is 14.2 Å². The highest BCUT2D eigenvalue weighted by atomic mass is 16.8. The molecule has 3 spiro atoms. The van der Waals surface area contributed by atoms with E-state index in [0.717, 1.165) is 12.8 Å². The number of aliphatic hydroxyl groups is 1. The lowest BCUT2D eigenvalue weighted by molar-refractivity contribution is -0.759. The van der Waals surface area contributed by atoms with Crippen LogP contribution >= 0.6 is 0 Å². The average molecular weight is 431 g/mol. The molecule has 8 rings (SSSR count). The van der Waals surface area contributed by atoms with Crippen LogP contribution < -0.4 is 0 Å². The molecule has 3 saturated carbocycles. The van der Waals surface area contributed by atoms with Gasteiger partial charge in [-0.1, -0.05) is 20.4 Å². The summed E-state index contributed by atoms with van der Waals surface area (Å²) in [7, 11) is 1.96. The molecule has 8 aliphatic rings. The van der Waals surface area contributed by atoms with Gasteiger partial charge in [0, 0.05) is 11.8 Å². The molecule has 1 N–H and O–H groups in total. The van der Waals surface area contributed by atoms with Gasteiger partial charge < -0.3 is 14.6 Å². The molecule has 3 unspecified atom stereocenters. The summed E-state index contributed by atoms with van der Waals surface area (Å²) in [6, 6.07) is 0. The number of carbonyl (C=O) groups is 2. The highest BCUT2D eigenvalue weighted by molar-refractivity contribution is 6.05. The lowest BCUT2D eigenvalue weighted by Gasteiger charge is -2.69. The molecule has 7 nitrogen and oxygen atoms in total. The van der Waals surface area contributed by atoms with E-state index in [1.165, 1.54) is 0 Å². The van der Waals surface area contributed by atoms with E-state index in [-0.39, 0.29) is 39.3 Å². The molecule has 10 atom stereocenters. The monoisotopic (exact) mass is 430 g/mol. The van der Waals surface area contributed by atoms with Crippen LogP contribution in [0.2, 0.25) is 0 Å². The first-order chi connectivity index (χ1) is 14.3. The molecule has 8 fully saturated rings. The number of rotatable bonds is 0. The Kier molecular flexibility index (Phi) is 2.95. The van der Waals surface area contributed by atoms with Crippen molar-refractivity contribution in [2.45, 2.75) is 88.9 Å². The second kappa shape index (κ2) is 4.73. The largest absolute Gasteiger partial charge is 0.387 e. The highest BCUT2D eigenvalue weighted by Crippen LogP contribution is 2.84. The fourth-order valence-corrected chi connectivity index (χ4v) is 9.73. The third-order valence-corrected chi connectivity index (χ3v) is 10.6. The van der Waals surface area contributed by atoms with Gasteiger partial charge in [0.25, 0.3) is 6.23 Å². The summed E-state index contributed by atoms with van der Waals surface area (Å²) < 4.78 is 19.9. The number of ketones is 1. The molecule has 0 aromatic carbocycles. The molecule has 7 heteroatoms. The van der Waals surface area contributed by atoms with E-state index in [1.54, 1.807) is 0 Å². The Bertz CT molecular complexity index is 1000. The SMILES string of the molecule is C=C1C(=O)C23[C@@H]4OC(C)(C)O[C@]25OC2[C@@]6([C@H]([C@@H]5O)C(C)(C)CCC(=O)[N+]26C)[C@@H]3CC[C@@H]14. The molecular formula is C24H32NO6+. The fraction of sp³-hybridized carbons (Fsp3) is 0.833. The third-order valence-electron chi connectivity index (χ3n) is 10.6. The first-order valence-electron chi connectivity index (χ1n) is 11.7. The Morgan fingerprint density at radius 2 is 1.84 bits per heavy atom. The molecule has 5 aliphatic heterocycles. The summed E-state index contributed by atoms with van der Waals surface area (Å²) in [6.07, 6.45) is 0.892.